The van der Waals surface area contributed by atoms with Crippen molar-refractivity contribution in [1.82, 2.24) is 0 Å². The highest BCUT2D eigenvalue weighted by Gasteiger charge is 2.25. The van der Waals surface area contributed by atoms with E-state index in [0.29, 0.717) is 26.5 Å². The van der Waals surface area contributed by atoms with E-state index in [9.17, 15) is 23.3 Å². The molecule has 0 amide bonds. The van der Waals surface area contributed by atoms with Crippen molar-refractivity contribution in [2.24, 2.45) is 0 Å². The molecule has 5 rings (SSSR count). The SMILES string of the molecule is CC(C(=O)O)c1ccc(C(=O)c2ccccc2)s1.CC1=C(CC(=O)O)c2cc(F)ccc2/C1=C\c1ccc([S+](C)[O-])cc1. The monoisotopic (exact) mass is 616 g/mol. The van der Waals surface area contributed by atoms with Crippen molar-refractivity contribution in [3.05, 3.63) is 128 Å². The number of fused-ring (bicyclic) bond motifs is 1. The molecule has 220 valence electrons. The smallest absolute Gasteiger partial charge is 0.311 e. The van der Waals surface area contributed by atoms with Gasteiger partial charge in [0.15, 0.2) is 4.90 Å². The lowest BCUT2D eigenvalue weighted by molar-refractivity contribution is -0.138. The zero-order valence-corrected chi connectivity index (χ0v) is 25.3. The highest BCUT2D eigenvalue weighted by Crippen LogP contribution is 2.43. The molecule has 0 saturated carbocycles. The maximum Gasteiger partial charge on any atom is 0.311 e. The van der Waals surface area contributed by atoms with Gasteiger partial charge < -0.3 is 14.8 Å². The standard InChI is InChI=1S/C20H17FO3S.C14H12O3S/c1-12-17(9-13-3-6-15(7-4-13)25(2)24)16-8-5-14(21)10-19(16)18(12)11-20(22)23;1-9(14(16)17)11-7-8-12(18-11)13(15)10-5-3-2-4-6-10/h3-10H,11H2,1-2H3,(H,22,23);2-9H,1H3,(H,16,17)/b17-9-;. The number of carbonyl (C=O) groups excluding carboxylic acids is 1. The summed E-state index contributed by atoms with van der Waals surface area (Å²) < 4.78 is 25.1. The van der Waals surface area contributed by atoms with Crippen LogP contribution in [0.5, 0.6) is 0 Å². The summed E-state index contributed by atoms with van der Waals surface area (Å²) in [6.45, 7) is 3.47. The molecule has 2 atom stereocenters. The van der Waals surface area contributed by atoms with Crippen LogP contribution in [0, 0.1) is 5.82 Å². The van der Waals surface area contributed by atoms with Crippen LogP contribution in [-0.4, -0.2) is 38.7 Å². The first-order chi connectivity index (χ1) is 20.5. The number of benzene rings is 3. The average Bonchev–Trinajstić information content (AvgIpc) is 3.57. The third-order valence-electron chi connectivity index (χ3n) is 6.99. The summed E-state index contributed by atoms with van der Waals surface area (Å²) in [6.07, 6.45) is 3.43. The van der Waals surface area contributed by atoms with Gasteiger partial charge in [0.1, 0.15) is 12.1 Å². The molecule has 9 heteroatoms. The minimum absolute atomic E-state index is 0.0653. The Morgan fingerprint density at radius 3 is 2.23 bits per heavy atom. The van der Waals surface area contributed by atoms with E-state index in [4.69, 9.17) is 10.2 Å². The van der Waals surface area contributed by atoms with Crippen LogP contribution in [0.4, 0.5) is 4.39 Å². The summed E-state index contributed by atoms with van der Waals surface area (Å²) in [6, 6.07) is 24.2. The number of allylic oxidation sites excluding steroid dienone is 2. The lowest BCUT2D eigenvalue weighted by Crippen LogP contribution is -2.05. The van der Waals surface area contributed by atoms with E-state index in [2.05, 4.69) is 0 Å². The number of hydrogen-bond acceptors (Lipinski definition) is 5. The fourth-order valence-electron chi connectivity index (χ4n) is 4.62. The molecule has 1 aliphatic rings. The Bertz CT molecular complexity index is 1720. The van der Waals surface area contributed by atoms with Crippen molar-refractivity contribution < 1.29 is 33.5 Å². The Labute approximate surface area is 256 Å². The average molecular weight is 617 g/mol. The zero-order chi connectivity index (χ0) is 31.3. The molecule has 3 aromatic carbocycles. The first kappa shape index (κ1) is 31.6. The van der Waals surface area contributed by atoms with Crippen molar-refractivity contribution in [2.45, 2.75) is 31.1 Å². The van der Waals surface area contributed by atoms with Crippen LogP contribution < -0.4 is 0 Å². The van der Waals surface area contributed by atoms with E-state index in [1.807, 2.05) is 43.3 Å². The predicted octanol–water partition coefficient (Wildman–Crippen LogP) is 7.53. The molecule has 1 aromatic heterocycles. The number of carbonyl (C=O) groups is 3. The van der Waals surface area contributed by atoms with Gasteiger partial charge in [-0.15, -0.1) is 11.3 Å². The van der Waals surface area contributed by atoms with E-state index in [-0.39, 0.29) is 18.0 Å². The molecule has 1 aliphatic carbocycles. The van der Waals surface area contributed by atoms with Crippen molar-refractivity contribution in [2.75, 3.05) is 6.26 Å². The Balaban J connectivity index is 0.000000208. The number of halogens is 1. The van der Waals surface area contributed by atoms with Crippen LogP contribution in [0.3, 0.4) is 0 Å². The maximum atomic E-state index is 13.7. The van der Waals surface area contributed by atoms with E-state index in [1.54, 1.807) is 55.6 Å². The van der Waals surface area contributed by atoms with Gasteiger partial charge in [-0.1, -0.05) is 36.4 Å². The number of carboxylic acids is 2. The largest absolute Gasteiger partial charge is 0.612 e. The van der Waals surface area contributed by atoms with Crippen LogP contribution in [0.2, 0.25) is 0 Å². The Kier molecular flexibility index (Phi) is 10.1. The number of hydrogen-bond donors (Lipinski definition) is 2. The molecule has 0 bridgehead atoms. The molecule has 6 nitrogen and oxygen atoms in total. The van der Waals surface area contributed by atoms with Crippen molar-refractivity contribution in [3.8, 4) is 0 Å². The minimum atomic E-state index is -1.04. The quantitative estimate of drug-likeness (QED) is 0.156. The molecule has 0 saturated heterocycles. The highest BCUT2D eigenvalue weighted by molar-refractivity contribution is 7.90. The molecule has 0 fully saturated rings. The van der Waals surface area contributed by atoms with E-state index >= 15 is 0 Å². The highest BCUT2D eigenvalue weighted by atomic mass is 32.2. The van der Waals surface area contributed by atoms with E-state index in [0.717, 1.165) is 27.2 Å². The lowest BCUT2D eigenvalue weighted by Gasteiger charge is -2.06. The number of ketones is 1. The second-order valence-corrected chi connectivity index (χ2v) is 12.4. The maximum absolute atomic E-state index is 13.7. The van der Waals surface area contributed by atoms with Crippen molar-refractivity contribution >= 4 is 57.5 Å². The molecular weight excluding hydrogens is 588 g/mol. The Hall–Kier alpha value is -4.31. The fourth-order valence-corrected chi connectivity index (χ4v) is 6.15. The van der Waals surface area contributed by atoms with Gasteiger partial charge in [0.05, 0.1) is 17.2 Å². The summed E-state index contributed by atoms with van der Waals surface area (Å²) in [7, 11) is 0. The van der Waals surface area contributed by atoms with Gasteiger partial charge >= 0.3 is 11.9 Å². The van der Waals surface area contributed by atoms with Gasteiger partial charge in [-0.05, 0) is 113 Å². The van der Waals surface area contributed by atoms with Crippen LogP contribution in [0.15, 0.2) is 95.4 Å². The van der Waals surface area contributed by atoms with Crippen LogP contribution in [-0.2, 0) is 20.8 Å². The van der Waals surface area contributed by atoms with Gasteiger partial charge in [-0.3, -0.25) is 14.4 Å². The van der Waals surface area contributed by atoms with Crippen LogP contribution in [0.1, 0.15) is 63.0 Å². The summed E-state index contributed by atoms with van der Waals surface area (Å²) in [4.78, 5) is 36.2. The lowest BCUT2D eigenvalue weighted by atomic mass is 10.0. The normalized spacial score (nSPS) is 14.5. The Morgan fingerprint density at radius 1 is 0.953 bits per heavy atom. The van der Waals surface area contributed by atoms with Gasteiger partial charge in [-0.25, -0.2) is 4.39 Å². The van der Waals surface area contributed by atoms with Gasteiger partial charge in [0.25, 0.3) is 0 Å². The first-order valence-electron chi connectivity index (χ1n) is 13.3. The van der Waals surface area contributed by atoms with Crippen molar-refractivity contribution in [1.29, 1.82) is 0 Å². The van der Waals surface area contributed by atoms with Crippen LogP contribution >= 0.6 is 11.3 Å². The molecular formula is C34H29FO6S2. The minimum Gasteiger partial charge on any atom is -0.612 e. The van der Waals surface area contributed by atoms with Gasteiger partial charge in [-0.2, -0.15) is 0 Å². The topological polar surface area (TPSA) is 115 Å². The summed E-state index contributed by atoms with van der Waals surface area (Å²) in [5.74, 6) is -2.85. The van der Waals surface area contributed by atoms with E-state index < -0.39 is 29.0 Å². The summed E-state index contributed by atoms with van der Waals surface area (Å²) in [5.41, 5.74) is 5.36. The third-order valence-corrected chi connectivity index (χ3v) is 9.19. The third kappa shape index (κ3) is 7.56. The predicted molar refractivity (Wildman–Crippen MR) is 168 cm³/mol. The number of thiophene rings is 1. The molecule has 4 aromatic rings. The molecule has 43 heavy (non-hydrogen) atoms. The van der Waals surface area contributed by atoms with E-state index in [1.165, 1.54) is 23.5 Å². The van der Waals surface area contributed by atoms with Gasteiger partial charge in [0.2, 0.25) is 5.78 Å². The summed E-state index contributed by atoms with van der Waals surface area (Å²) in [5, 5.41) is 18.1. The molecule has 2 unspecified atom stereocenters. The number of aliphatic carboxylic acids is 2. The molecule has 0 spiro atoms. The second kappa shape index (κ2) is 13.8. The molecule has 0 aliphatic heterocycles. The first-order valence-corrected chi connectivity index (χ1v) is 15.6. The number of rotatable bonds is 8. The second-order valence-electron chi connectivity index (χ2n) is 9.90. The van der Waals surface area contributed by atoms with Crippen LogP contribution in [0.25, 0.3) is 17.2 Å². The number of carboxylic acid groups (broad SMARTS) is 2. The molecule has 0 radical (unpaired) electrons. The molecule has 1 heterocycles. The molecule has 2 N–H and O–H groups in total. The fraction of sp³-hybridized carbons (Fsp3) is 0.147. The Morgan fingerprint density at radius 2 is 1.63 bits per heavy atom. The zero-order valence-electron chi connectivity index (χ0n) is 23.7. The summed E-state index contributed by atoms with van der Waals surface area (Å²) >= 11 is 0.205. The van der Waals surface area contributed by atoms with Crippen molar-refractivity contribution in [3.63, 3.8) is 0 Å². The van der Waals surface area contributed by atoms with Gasteiger partial charge in [0, 0.05) is 10.4 Å².